The highest BCUT2D eigenvalue weighted by atomic mass is 16.2. The number of aryl methyl sites for hydroxylation is 2. The molecule has 0 saturated carbocycles. The molecule has 2 aromatic rings. The Morgan fingerprint density at radius 2 is 2.14 bits per heavy atom. The smallest absolute Gasteiger partial charge is 0.157 e. The van der Waals surface area contributed by atoms with Gasteiger partial charge in [-0.1, -0.05) is 13.8 Å². The fourth-order valence-electron chi connectivity index (χ4n) is 2.64. The van der Waals surface area contributed by atoms with Crippen LogP contribution in [0.2, 0.25) is 0 Å². The summed E-state index contributed by atoms with van der Waals surface area (Å²) >= 11 is 0. The van der Waals surface area contributed by atoms with Gasteiger partial charge in [0.15, 0.2) is 5.65 Å². The highest BCUT2D eigenvalue weighted by Gasteiger charge is 2.16. The van der Waals surface area contributed by atoms with E-state index in [1.165, 1.54) is 5.56 Å². The van der Waals surface area contributed by atoms with Gasteiger partial charge in [-0.15, -0.1) is 0 Å². The first-order valence-corrected chi connectivity index (χ1v) is 7.53. The predicted molar refractivity (Wildman–Crippen MR) is 85.1 cm³/mol. The molecule has 0 unspecified atom stereocenters. The number of hydrogen-bond acceptors (Lipinski definition) is 4. The van der Waals surface area contributed by atoms with Crippen LogP contribution in [0.4, 0.5) is 0 Å². The Kier molecular flexibility index (Phi) is 4.96. The lowest BCUT2D eigenvalue weighted by atomic mass is 9.88. The monoisotopic (exact) mass is 290 g/mol. The van der Waals surface area contributed by atoms with E-state index in [0.29, 0.717) is 0 Å². The van der Waals surface area contributed by atoms with Crippen LogP contribution < -0.4 is 5.32 Å². The van der Waals surface area contributed by atoms with Crippen molar-refractivity contribution in [3.05, 3.63) is 23.5 Å². The lowest BCUT2D eigenvalue weighted by Gasteiger charge is -2.24. The van der Waals surface area contributed by atoms with Crippen molar-refractivity contribution in [2.24, 2.45) is 12.5 Å². The van der Waals surface area contributed by atoms with Crippen molar-refractivity contribution < 1.29 is 5.11 Å². The summed E-state index contributed by atoms with van der Waals surface area (Å²) in [6, 6.07) is 2.17. The molecule has 0 fully saturated rings. The third-order valence-corrected chi connectivity index (χ3v) is 3.86. The quantitative estimate of drug-likeness (QED) is 0.820. The molecular weight excluding hydrogens is 264 g/mol. The standard InChI is InChI=1S/C16H26N4O/c1-12-14-8-13(10-18-15(14)20(4)19-12)9-17-11-16(2,3)6-5-7-21/h8,10,17,21H,5-7,9,11H2,1-4H3. The van der Waals surface area contributed by atoms with Gasteiger partial charge < -0.3 is 10.4 Å². The van der Waals surface area contributed by atoms with Crippen LogP contribution in [0.5, 0.6) is 0 Å². The van der Waals surface area contributed by atoms with E-state index in [1.807, 2.05) is 24.9 Å². The van der Waals surface area contributed by atoms with E-state index in [2.05, 4.69) is 35.3 Å². The zero-order chi connectivity index (χ0) is 15.5. The Hall–Kier alpha value is -1.46. The molecular formula is C16H26N4O. The first-order valence-electron chi connectivity index (χ1n) is 7.53. The van der Waals surface area contributed by atoms with Gasteiger partial charge in [-0.3, -0.25) is 4.68 Å². The Morgan fingerprint density at radius 1 is 1.38 bits per heavy atom. The maximum atomic E-state index is 8.92. The number of aliphatic hydroxyl groups is 1. The molecule has 2 N–H and O–H groups in total. The van der Waals surface area contributed by atoms with Crippen molar-refractivity contribution >= 4 is 11.0 Å². The number of pyridine rings is 1. The molecule has 2 aromatic heterocycles. The van der Waals surface area contributed by atoms with Gasteiger partial charge in [-0.2, -0.15) is 5.10 Å². The van der Waals surface area contributed by atoms with Gasteiger partial charge in [0.2, 0.25) is 0 Å². The average molecular weight is 290 g/mol. The molecule has 0 aromatic carbocycles. The van der Waals surface area contributed by atoms with Crippen molar-refractivity contribution in [1.29, 1.82) is 0 Å². The van der Waals surface area contributed by atoms with Crippen LogP contribution in [0, 0.1) is 12.3 Å². The minimum Gasteiger partial charge on any atom is -0.396 e. The highest BCUT2D eigenvalue weighted by Crippen LogP contribution is 2.21. The summed E-state index contributed by atoms with van der Waals surface area (Å²) in [6.07, 6.45) is 3.80. The van der Waals surface area contributed by atoms with Gasteiger partial charge in [-0.25, -0.2) is 4.98 Å². The molecule has 0 aliphatic carbocycles. The fourth-order valence-corrected chi connectivity index (χ4v) is 2.64. The van der Waals surface area contributed by atoms with Crippen LogP contribution in [0.25, 0.3) is 11.0 Å². The molecule has 2 rings (SSSR count). The van der Waals surface area contributed by atoms with Gasteiger partial charge in [0.25, 0.3) is 0 Å². The Balaban J connectivity index is 1.96. The molecule has 5 nitrogen and oxygen atoms in total. The topological polar surface area (TPSA) is 63.0 Å². The molecule has 2 heterocycles. The zero-order valence-electron chi connectivity index (χ0n) is 13.5. The van der Waals surface area contributed by atoms with Crippen LogP contribution in [0.1, 0.15) is 37.9 Å². The Labute approximate surface area is 126 Å². The minimum atomic E-state index is 0.199. The van der Waals surface area contributed by atoms with Crippen LogP contribution >= 0.6 is 0 Å². The van der Waals surface area contributed by atoms with E-state index in [1.54, 1.807) is 0 Å². The summed E-state index contributed by atoms with van der Waals surface area (Å²) in [7, 11) is 1.92. The lowest BCUT2D eigenvalue weighted by molar-refractivity contribution is 0.236. The van der Waals surface area contributed by atoms with Gasteiger partial charge in [0.1, 0.15) is 0 Å². The second-order valence-electron chi connectivity index (χ2n) is 6.52. The van der Waals surface area contributed by atoms with E-state index in [0.717, 1.165) is 42.7 Å². The number of aliphatic hydroxyl groups excluding tert-OH is 1. The second kappa shape index (κ2) is 6.54. The summed E-state index contributed by atoms with van der Waals surface area (Å²) in [6.45, 7) is 8.46. The number of aromatic nitrogens is 3. The molecule has 0 amide bonds. The number of fused-ring (bicyclic) bond motifs is 1. The van der Waals surface area contributed by atoms with Crippen molar-refractivity contribution in [3.8, 4) is 0 Å². The Bertz CT molecular complexity index is 604. The SMILES string of the molecule is Cc1nn(C)c2ncc(CNCC(C)(C)CCCO)cc12. The highest BCUT2D eigenvalue weighted by molar-refractivity contribution is 5.78. The molecule has 0 aliphatic heterocycles. The van der Waals surface area contributed by atoms with Crippen LogP contribution in [-0.4, -0.2) is 33.0 Å². The third kappa shape index (κ3) is 4.02. The molecule has 0 spiro atoms. The summed E-state index contributed by atoms with van der Waals surface area (Å²) in [5.74, 6) is 0. The number of rotatable bonds is 7. The third-order valence-electron chi connectivity index (χ3n) is 3.86. The van der Waals surface area contributed by atoms with Crippen molar-refractivity contribution in [2.45, 2.75) is 40.2 Å². The van der Waals surface area contributed by atoms with E-state index in [-0.39, 0.29) is 12.0 Å². The van der Waals surface area contributed by atoms with Gasteiger partial charge >= 0.3 is 0 Å². The normalized spacial score (nSPS) is 12.2. The maximum absolute atomic E-state index is 8.92. The van der Waals surface area contributed by atoms with E-state index in [9.17, 15) is 0 Å². The lowest BCUT2D eigenvalue weighted by Crippen LogP contribution is -2.29. The summed E-state index contributed by atoms with van der Waals surface area (Å²) < 4.78 is 1.82. The second-order valence-corrected chi connectivity index (χ2v) is 6.52. The van der Waals surface area contributed by atoms with Crippen molar-refractivity contribution in [2.75, 3.05) is 13.2 Å². The van der Waals surface area contributed by atoms with Gasteiger partial charge in [-0.05, 0) is 36.8 Å². The van der Waals surface area contributed by atoms with Crippen molar-refractivity contribution in [3.63, 3.8) is 0 Å². The summed E-state index contributed by atoms with van der Waals surface area (Å²) in [4.78, 5) is 4.49. The molecule has 0 atom stereocenters. The van der Waals surface area contributed by atoms with E-state index >= 15 is 0 Å². The number of nitrogens with zero attached hydrogens (tertiary/aromatic N) is 3. The average Bonchev–Trinajstić information content (AvgIpc) is 2.71. The summed E-state index contributed by atoms with van der Waals surface area (Å²) in [5.41, 5.74) is 3.33. The van der Waals surface area contributed by atoms with Gasteiger partial charge in [0, 0.05) is 38.3 Å². The van der Waals surface area contributed by atoms with Crippen LogP contribution in [0.15, 0.2) is 12.3 Å². The first-order chi connectivity index (χ1) is 9.93. The largest absolute Gasteiger partial charge is 0.396 e. The van der Waals surface area contributed by atoms with E-state index < -0.39 is 0 Å². The predicted octanol–water partition coefficient (Wildman–Crippen LogP) is 2.17. The fraction of sp³-hybridized carbons (Fsp3) is 0.625. The number of hydrogen-bond donors (Lipinski definition) is 2. The molecule has 0 aliphatic rings. The number of nitrogens with one attached hydrogen (secondary N) is 1. The van der Waals surface area contributed by atoms with Crippen LogP contribution in [0.3, 0.4) is 0 Å². The minimum absolute atomic E-state index is 0.199. The molecule has 5 heteroatoms. The first kappa shape index (κ1) is 15.9. The molecule has 0 bridgehead atoms. The van der Waals surface area contributed by atoms with Crippen molar-refractivity contribution in [1.82, 2.24) is 20.1 Å². The Morgan fingerprint density at radius 3 is 2.86 bits per heavy atom. The maximum Gasteiger partial charge on any atom is 0.157 e. The molecule has 0 radical (unpaired) electrons. The van der Waals surface area contributed by atoms with Crippen LogP contribution in [-0.2, 0) is 13.6 Å². The molecule has 0 saturated heterocycles. The zero-order valence-corrected chi connectivity index (χ0v) is 13.5. The van der Waals surface area contributed by atoms with Gasteiger partial charge in [0.05, 0.1) is 5.69 Å². The summed E-state index contributed by atoms with van der Waals surface area (Å²) in [5, 5.41) is 17.9. The van der Waals surface area contributed by atoms with E-state index in [4.69, 9.17) is 5.11 Å². The molecule has 21 heavy (non-hydrogen) atoms. The molecule has 116 valence electrons.